The maximum Gasteiger partial charge on any atom is 0.239 e. The van der Waals surface area contributed by atoms with Crippen LogP contribution in [0.1, 0.15) is 20.8 Å². The molecule has 18 heavy (non-hydrogen) atoms. The molecule has 0 aromatic rings. The highest BCUT2D eigenvalue weighted by atomic mass is 16.5. The average molecular weight is 257 g/mol. The van der Waals surface area contributed by atoms with E-state index in [4.69, 9.17) is 10.5 Å². The molecule has 6 heteroatoms. The maximum absolute atomic E-state index is 12.2. The lowest BCUT2D eigenvalue weighted by Crippen LogP contribution is -2.48. The Balaban J connectivity index is 2.54. The number of carbonyl (C=O) groups excluding carboxylic acids is 2. The number of ether oxygens (including phenoxy) is 1. The quantitative estimate of drug-likeness (QED) is 0.684. The van der Waals surface area contributed by atoms with E-state index in [1.54, 1.807) is 0 Å². The molecular weight excluding hydrogens is 234 g/mol. The van der Waals surface area contributed by atoms with Crippen molar-refractivity contribution in [2.75, 3.05) is 26.3 Å². The highest BCUT2D eigenvalue weighted by Gasteiger charge is 2.34. The molecule has 0 radical (unpaired) electrons. The SMILES string of the molecule is CCN(CC(=O)NC(C)C)C(=O)C1COCC1N. The fourth-order valence-corrected chi connectivity index (χ4v) is 1.95. The Morgan fingerprint density at radius 2 is 2.11 bits per heavy atom. The third-order valence-corrected chi connectivity index (χ3v) is 2.92. The molecule has 1 aliphatic rings. The van der Waals surface area contributed by atoms with Gasteiger partial charge in [0.2, 0.25) is 11.8 Å². The Bertz CT molecular complexity index is 307. The molecule has 1 rings (SSSR count). The number of hydrogen-bond donors (Lipinski definition) is 2. The monoisotopic (exact) mass is 257 g/mol. The summed E-state index contributed by atoms with van der Waals surface area (Å²) in [6.45, 7) is 6.95. The van der Waals surface area contributed by atoms with E-state index in [2.05, 4.69) is 5.32 Å². The van der Waals surface area contributed by atoms with Crippen molar-refractivity contribution in [3.8, 4) is 0 Å². The Kier molecular flexibility index (Phi) is 5.55. The highest BCUT2D eigenvalue weighted by Crippen LogP contribution is 2.14. The van der Waals surface area contributed by atoms with Crippen molar-refractivity contribution in [1.82, 2.24) is 10.2 Å². The predicted octanol–water partition coefficient (Wildman–Crippen LogP) is -0.667. The number of carbonyl (C=O) groups is 2. The van der Waals surface area contributed by atoms with E-state index in [-0.39, 0.29) is 36.4 Å². The van der Waals surface area contributed by atoms with Crippen molar-refractivity contribution in [3.05, 3.63) is 0 Å². The molecule has 1 fully saturated rings. The van der Waals surface area contributed by atoms with Crippen LogP contribution in [0.3, 0.4) is 0 Å². The number of hydrogen-bond acceptors (Lipinski definition) is 4. The predicted molar refractivity (Wildman–Crippen MR) is 67.8 cm³/mol. The molecule has 104 valence electrons. The van der Waals surface area contributed by atoms with Gasteiger partial charge < -0.3 is 20.7 Å². The zero-order valence-corrected chi connectivity index (χ0v) is 11.3. The second kappa shape index (κ2) is 6.70. The third kappa shape index (κ3) is 3.96. The van der Waals surface area contributed by atoms with Crippen molar-refractivity contribution >= 4 is 11.8 Å². The van der Waals surface area contributed by atoms with Crippen molar-refractivity contribution in [3.63, 3.8) is 0 Å². The fourth-order valence-electron chi connectivity index (χ4n) is 1.95. The Morgan fingerprint density at radius 3 is 2.56 bits per heavy atom. The molecule has 0 saturated carbocycles. The van der Waals surface area contributed by atoms with Crippen LogP contribution in [0.5, 0.6) is 0 Å². The van der Waals surface area contributed by atoms with Crippen molar-refractivity contribution in [2.45, 2.75) is 32.9 Å². The first-order valence-corrected chi connectivity index (χ1v) is 6.37. The third-order valence-electron chi connectivity index (χ3n) is 2.92. The zero-order chi connectivity index (χ0) is 13.7. The first-order valence-electron chi connectivity index (χ1n) is 6.37. The lowest BCUT2D eigenvalue weighted by molar-refractivity contribution is -0.139. The van der Waals surface area contributed by atoms with E-state index in [1.165, 1.54) is 4.90 Å². The molecule has 0 aromatic carbocycles. The van der Waals surface area contributed by atoms with Crippen LogP contribution >= 0.6 is 0 Å². The molecule has 3 N–H and O–H groups in total. The number of nitrogens with zero attached hydrogens (tertiary/aromatic N) is 1. The largest absolute Gasteiger partial charge is 0.379 e. The number of likely N-dealkylation sites (N-methyl/N-ethyl adjacent to an activating group) is 1. The standard InChI is InChI=1S/C12H23N3O3/c1-4-15(5-11(16)14-8(2)3)12(17)9-6-18-7-10(9)13/h8-10H,4-7,13H2,1-3H3,(H,14,16). The molecule has 6 nitrogen and oxygen atoms in total. The van der Waals surface area contributed by atoms with E-state index >= 15 is 0 Å². The van der Waals surface area contributed by atoms with E-state index in [0.717, 1.165) is 0 Å². The van der Waals surface area contributed by atoms with Crippen LogP contribution in [-0.4, -0.2) is 55.1 Å². The molecule has 0 spiro atoms. The van der Waals surface area contributed by atoms with Crippen molar-refractivity contribution in [2.24, 2.45) is 11.7 Å². The van der Waals surface area contributed by atoms with Gasteiger partial charge in [0.05, 0.1) is 25.7 Å². The van der Waals surface area contributed by atoms with Gasteiger partial charge in [0.15, 0.2) is 0 Å². The topological polar surface area (TPSA) is 84.7 Å². The van der Waals surface area contributed by atoms with Gasteiger partial charge in [-0.15, -0.1) is 0 Å². The molecule has 0 aromatic heterocycles. The minimum Gasteiger partial charge on any atom is -0.379 e. The minimum absolute atomic E-state index is 0.0726. The van der Waals surface area contributed by atoms with Gasteiger partial charge in [-0.25, -0.2) is 0 Å². The molecule has 2 atom stereocenters. The van der Waals surface area contributed by atoms with Gasteiger partial charge in [0, 0.05) is 18.6 Å². The lowest BCUT2D eigenvalue weighted by Gasteiger charge is -2.25. The molecule has 1 aliphatic heterocycles. The summed E-state index contributed by atoms with van der Waals surface area (Å²) in [5.41, 5.74) is 5.81. The zero-order valence-electron chi connectivity index (χ0n) is 11.3. The number of rotatable bonds is 5. The van der Waals surface area contributed by atoms with Crippen molar-refractivity contribution in [1.29, 1.82) is 0 Å². The van der Waals surface area contributed by atoms with E-state index < -0.39 is 0 Å². The summed E-state index contributed by atoms with van der Waals surface area (Å²) in [6, 6.07) is -0.192. The first kappa shape index (κ1) is 14.9. The van der Waals surface area contributed by atoms with Gasteiger partial charge in [0.25, 0.3) is 0 Å². The van der Waals surface area contributed by atoms with Crippen molar-refractivity contribution < 1.29 is 14.3 Å². The first-order chi connectivity index (χ1) is 8.45. The smallest absolute Gasteiger partial charge is 0.239 e. The second-order valence-corrected chi connectivity index (χ2v) is 4.88. The van der Waals surface area contributed by atoms with Gasteiger partial charge >= 0.3 is 0 Å². The molecule has 2 amide bonds. The van der Waals surface area contributed by atoms with Crippen LogP contribution < -0.4 is 11.1 Å². The number of amides is 2. The Morgan fingerprint density at radius 1 is 1.44 bits per heavy atom. The number of nitrogens with one attached hydrogen (secondary N) is 1. The van der Waals surface area contributed by atoms with E-state index in [1.807, 2.05) is 20.8 Å². The molecular formula is C12H23N3O3. The molecule has 0 bridgehead atoms. The summed E-state index contributed by atoms with van der Waals surface area (Å²) in [4.78, 5) is 25.4. The molecule has 2 unspecified atom stereocenters. The summed E-state index contributed by atoms with van der Waals surface area (Å²) >= 11 is 0. The molecule has 1 saturated heterocycles. The summed E-state index contributed by atoms with van der Waals surface area (Å²) < 4.78 is 5.18. The second-order valence-electron chi connectivity index (χ2n) is 4.88. The number of nitrogens with two attached hydrogens (primary N) is 1. The van der Waals surface area contributed by atoms with Crippen LogP contribution in [-0.2, 0) is 14.3 Å². The lowest BCUT2D eigenvalue weighted by atomic mass is 10.0. The van der Waals surface area contributed by atoms with Gasteiger partial charge in [-0.05, 0) is 20.8 Å². The highest BCUT2D eigenvalue weighted by molar-refractivity contribution is 5.86. The summed E-state index contributed by atoms with van der Waals surface area (Å²) in [7, 11) is 0. The normalized spacial score (nSPS) is 23.2. The van der Waals surface area contributed by atoms with E-state index in [0.29, 0.717) is 19.8 Å². The van der Waals surface area contributed by atoms with Crippen LogP contribution in [0.25, 0.3) is 0 Å². The van der Waals surface area contributed by atoms with Crippen LogP contribution in [0.15, 0.2) is 0 Å². The average Bonchev–Trinajstić information content (AvgIpc) is 2.70. The van der Waals surface area contributed by atoms with Crippen LogP contribution in [0.4, 0.5) is 0 Å². The van der Waals surface area contributed by atoms with Gasteiger partial charge in [-0.2, -0.15) is 0 Å². The summed E-state index contributed by atoms with van der Waals surface area (Å²) in [5, 5.41) is 2.77. The Labute approximate surface area is 108 Å². The van der Waals surface area contributed by atoms with Gasteiger partial charge in [-0.1, -0.05) is 0 Å². The molecule has 0 aliphatic carbocycles. The minimum atomic E-state index is -0.322. The van der Waals surface area contributed by atoms with E-state index in [9.17, 15) is 9.59 Å². The molecule has 1 heterocycles. The summed E-state index contributed by atoms with van der Waals surface area (Å²) in [6.07, 6.45) is 0. The maximum atomic E-state index is 12.2. The van der Waals surface area contributed by atoms with Gasteiger partial charge in [-0.3, -0.25) is 9.59 Å². The van der Waals surface area contributed by atoms with Crippen LogP contribution in [0, 0.1) is 5.92 Å². The van der Waals surface area contributed by atoms with Crippen LogP contribution in [0.2, 0.25) is 0 Å². The summed E-state index contributed by atoms with van der Waals surface area (Å²) in [5.74, 6) is -0.564. The Hall–Kier alpha value is -1.14. The van der Waals surface area contributed by atoms with Gasteiger partial charge in [0.1, 0.15) is 0 Å². The fraction of sp³-hybridized carbons (Fsp3) is 0.833.